The average molecular weight is 200 g/mol. The topological polar surface area (TPSA) is 26.0 Å². The standard InChI is InChI=1S/C9H14ClNSi/c1-12(2,3)9-5-4-7(10)6-8(9)11/h4-6H,11H2,1-3H3. The lowest BCUT2D eigenvalue weighted by molar-refractivity contribution is 1.66. The Hall–Kier alpha value is -0.473. The van der Waals surface area contributed by atoms with Gasteiger partial charge in [0.05, 0.1) is 8.07 Å². The van der Waals surface area contributed by atoms with Gasteiger partial charge in [0.2, 0.25) is 0 Å². The molecule has 0 saturated heterocycles. The van der Waals surface area contributed by atoms with Crippen LogP contribution in [0.1, 0.15) is 0 Å². The van der Waals surface area contributed by atoms with Crippen molar-refractivity contribution in [3.8, 4) is 0 Å². The van der Waals surface area contributed by atoms with Crippen molar-refractivity contribution in [3.63, 3.8) is 0 Å². The van der Waals surface area contributed by atoms with Crippen LogP contribution in [-0.4, -0.2) is 8.07 Å². The van der Waals surface area contributed by atoms with Crippen molar-refractivity contribution in [2.24, 2.45) is 0 Å². The molecule has 0 aliphatic heterocycles. The van der Waals surface area contributed by atoms with Crippen LogP contribution in [0.2, 0.25) is 24.7 Å². The Bertz CT molecular complexity index is 291. The number of rotatable bonds is 1. The molecule has 12 heavy (non-hydrogen) atoms. The molecule has 1 nitrogen and oxygen atoms in total. The van der Waals surface area contributed by atoms with Crippen LogP contribution in [0.4, 0.5) is 5.69 Å². The van der Waals surface area contributed by atoms with Crippen LogP contribution < -0.4 is 10.9 Å². The second kappa shape index (κ2) is 3.11. The van der Waals surface area contributed by atoms with Crippen molar-refractivity contribution in [3.05, 3.63) is 23.2 Å². The molecule has 0 aliphatic rings. The van der Waals surface area contributed by atoms with Gasteiger partial charge in [0.15, 0.2) is 0 Å². The van der Waals surface area contributed by atoms with Gasteiger partial charge >= 0.3 is 0 Å². The molecule has 1 rings (SSSR count). The molecule has 0 saturated carbocycles. The molecule has 0 spiro atoms. The first kappa shape index (κ1) is 9.61. The minimum atomic E-state index is -1.28. The normalized spacial score (nSPS) is 11.7. The SMILES string of the molecule is C[Si](C)(C)c1ccc(Cl)cc1N. The molecular weight excluding hydrogens is 186 g/mol. The van der Waals surface area contributed by atoms with Gasteiger partial charge in [0, 0.05) is 10.7 Å². The van der Waals surface area contributed by atoms with Gasteiger partial charge in [-0.1, -0.05) is 37.3 Å². The van der Waals surface area contributed by atoms with Gasteiger partial charge < -0.3 is 5.73 Å². The highest BCUT2D eigenvalue weighted by atomic mass is 35.5. The van der Waals surface area contributed by atoms with E-state index in [0.717, 1.165) is 10.7 Å². The molecule has 0 radical (unpaired) electrons. The maximum absolute atomic E-state index is 5.86. The smallest absolute Gasteiger partial charge is 0.0802 e. The highest BCUT2D eigenvalue weighted by Crippen LogP contribution is 2.14. The fourth-order valence-electron chi connectivity index (χ4n) is 1.22. The minimum absolute atomic E-state index is 0.717. The van der Waals surface area contributed by atoms with E-state index in [4.69, 9.17) is 17.3 Å². The van der Waals surface area contributed by atoms with E-state index < -0.39 is 8.07 Å². The molecule has 1 aromatic rings. The van der Waals surface area contributed by atoms with E-state index in [1.165, 1.54) is 5.19 Å². The van der Waals surface area contributed by atoms with Crippen LogP contribution in [0.15, 0.2) is 18.2 Å². The predicted molar refractivity (Wildman–Crippen MR) is 58.8 cm³/mol. The highest BCUT2D eigenvalue weighted by molar-refractivity contribution is 6.89. The second-order valence-corrected chi connectivity index (χ2v) is 9.46. The van der Waals surface area contributed by atoms with Gasteiger partial charge in [-0.2, -0.15) is 0 Å². The van der Waals surface area contributed by atoms with E-state index in [1.54, 1.807) is 0 Å². The Labute approximate surface area is 79.6 Å². The Balaban J connectivity index is 3.19. The van der Waals surface area contributed by atoms with Crippen molar-refractivity contribution in [1.29, 1.82) is 0 Å². The van der Waals surface area contributed by atoms with Crippen LogP contribution in [0.3, 0.4) is 0 Å². The van der Waals surface area contributed by atoms with Gasteiger partial charge in [0.1, 0.15) is 0 Å². The lowest BCUT2D eigenvalue weighted by Crippen LogP contribution is -2.39. The Kier molecular flexibility index (Phi) is 2.49. The summed E-state index contributed by atoms with van der Waals surface area (Å²) in [7, 11) is -1.28. The molecule has 0 heterocycles. The Morgan fingerprint density at radius 1 is 1.25 bits per heavy atom. The van der Waals surface area contributed by atoms with Crippen LogP contribution in [0, 0.1) is 0 Å². The number of hydrogen-bond acceptors (Lipinski definition) is 1. The number of halogens is 1. The summed E-state index contributed by atoms with van der Waals surface area (Å²) in [4.78, 5) is 0. The predicted octanol–water partition coefficient (Wildman–Crippen LogP) is 2.47. The first-order valence-corrected chi connectivity index (χ1v) is 7.84. The van der Waals surface area contributed by atoms with E-state index >= 15 is 0 Å². The number of hydrogen-bond donors (Lipinski definition) is 1. The highest BCUT2D eigenvalue weighted by Gasteiger charge is 2.18. The summed E-state index contributed by atoms with van der Waals surface area (Å²) in [6, 6.07) is 5.78. The van der Waals surface area contributed by atoms with E-state index in [1.807, 2.05) is 18.2 Å². The number of nitrogens with two attached hydrogens (primary N) is 1. The van der Waals surface area contributed by atoms with Crippen molar-refractivity contribution >= 4 is 30.5 Å². The summed E-state index contributed by atoms with van der Waals surface area (Å²) < 4.78 is 0. The molecule has 0 amide bonds. The van der Waals surface area contributed by atoms with Gasteiger partial charge in [-0.3, -0.25) is 0 Å². The molecule has 0 fully saturated rings. The molecule has 0 unspecified atom stereocenters. The number of nitrogen functional groups attached to an aromatic ring is 1. The third-order valence-corrected chi connectivity index (χ3v) is 4.13. The molecule has 66 valence electrons. The van der Waals surface area contributed by atoms with Crippen LogP contribution >= 0.6 is 11.6 Å². The summed E-state index contributed by atoms with van der Waals surface area (Å²) in [6.45, 7) is 6.81. The van der Waals surface area contributed by atoms with Crippen LogP contribution in [-0.2, 0) is 0 Å². The molecular formula is C9H14ClNSi. The maximum Gasteiger partial charge on any atom is 0.0802 e. The van der Waals surface area contributed by atoms with Crippen LogP contribution in [0.25, 0.3) is 0 Å². The number of anilines is 1. The molecule has 0 atom stereocenters. The third-order valence-electron chi connectivity index (χ3n) is 1.82. The molecule has 2 N–H and O–H groups in total. The quantitative estimate of drug-likeness (QED) is 0.546. The van der Waals surface area contributed by atoms with Crippen molar-refractivity contribution in [2.75, 3.05) is 5.73 Å². The van der Waals surface area contributed by atoms with E-state index in [2.05, 4.69) is 19.6 Å². The largest absolute Gasteiger partial charge is 0.399 e. The summed E-state index contributed by atoms with van der Waals surface area (Å²) in [5.74, 6) is 0. The van der Waals surface area contributed by atoms with Crippen molar-refractivity contribution in [1.82, 2.24) is 0 Å². The zero-order valence-electron chi connectivity index (χ0n) is 7.69. The molecule has 0 aromatic heterocycles. The molecule has 0 aliphatic carbocycles. The zero-order valence-corrected chi connectivity index (χ0v) is 9.44. The fourth-order valence-corrected chi connectivity index (χ4v) is 2.92. The average Bonchev–Trinajstić information content (AvgIpc) is 1.83. The molecule has 0 bridgehead atoms. The Morgan fingerprint density at radius 3 is 2.25 bits per heavy atom. The minimum Gasteiger partial charge on any atom is -0.399 e. The number of benzene rings is 1. The van der Waals surface area contributed by atoms with E-state index in [9.17, 15) is 0 Å². The van der Waals surface area contributed by atoms with Crippen molar-refractivity contribution in [2.45, 2.75) is 19.6 Å². The summed E-state index contributed by atoms with van der Waals surface area (Å²) in [6.07, 6.45) is 0. The molecule has 1 aromatic carbocycles. The van der Waals surface area contributed by atoms with Crippen LogP contribution in [0.5, 0.6) is 0 Å². The first-order chi connectivity index (χ1) is 5.41. The second-order valence-electron chi connectivity index (χ2n) is 3.98. The lowest BCUT2D eigenvalue weighted by Gasteiger charge is -2.18. The van der Waals surface area contributed by atoms with Gasteiger partial charge in [-0.05, 0) is 17.3 Å². The Morgan fingerprint density at radius 2 is 1.83 bits per heavy atom. The maximum atomic E-state index is 5.86. The van der Waals surface area contributed by atoms with Gasteiger partial charge in [0.25, 0.3) is 0 Å². The molecule has 3 heteroatoms. The summed E-state index contributed by atoms with van der Waals surface area (Å²) in [5.41, 5.74) is 6.69. The van der Waals surface area contributed by atoms with Gasteiger partial charge in [-0.25, -0.2) is 0 Å². The van der Waals surface area contributed by atoms with Gasteiger partial charge in [-0.15, -0.1) is 0 Å². The zero-order chi connectivity index (χ0) is 9.35. The third kappa shape index (κ3) is 2.02. The van der Waals surface area contributed by atoms with E-state index in [0.29, 0.717) is 0 Å². The summed E-state index contributed by atoms with van der Waals surface area (Å²) in [5, 5.41) is 2.00. The lowest BCUT2D eigenvalue weighted by atomic mass is 10.3. The fraction of sp³-hybridized carbons (Fsp3) is 0.333. The van der Waals surface area contributed by atoms with Crippen molar-refractivity contribution < 1.29 is 0 Å². The summed E-state index contributed by atoms with van der Waals surface area (Å²) >= 11 is 5.80. The monoisotopic (exact) mass is 199 g/mol. The van der Waals surface area contributed by atoms with E-state index in [-0.39, 0.29) is 0 Å². The first-order valence-electron chi connectivity index (χ1n) is 3.97.